The first-order valence-corrected chi connectivity index (χ1v) is 6.50. The van der Waals surface area contributed by atoms with Crippen LogP contribution in [0.4, 0.5) is 10.1 Å². The molecule has 1 amide bonds. The Hall–Kier alpha value is -1.91. The van der Waals surface area contributed by atoms with Gasteiger partial charge in [-0.1, -0.05) is 48.0 Å². The first-order valence-electron chi connectivity index (χ1n) is 6.12. The summed E-state index contributed by atoms with van der Waals surface area (Å²) in [5.41, 5.74) is 6.80. The zero-order valence-corrected chi connectivity index (χ0v) is 11.4. The van der Waals surface area contributed by atoms with Gasteiger partial charge in [0.25, 0.3) is 0 Å². The summed E-state index contributed by atoms with van der Waals surface area (Å²) in [7, 11) is 0. The molecule has 0 aliphatic carbocycles. The molecule has 2 aromatic carbocycles. The summed E-state index contributed by atoms with van der Waals surface area (Å²) in [5.74, 6) is -1.11. The molecule has 1 atom stereocenters. The minimum absolute atomic E-state index is 0.0333. The highest BCUT2D eigenvalue weighted by atomic mass is 35.5. The van der Waals surface area contributed by atoms with E-state index in [0.29, 0.717) is 6.42 Å². The molecule has 0 bridgehead atoms. The number of amides is 1. The second-order valence-electron chi connectivity index (χ2n) is 4.39. The van der Waals surface area contributed by atoms with Crippen molar-refractivity contribution >= 4 is 23.2 Å². The van der Waals surface area contributed by atoms with Crippen molar-refractivity contribution in [1.29, 1.82) is 0 Å². The molecular weight excluding hydrogens is 279 g/mol. The van der Waals surface area contributed by atoms with Crippen LogP contribution < -0.4 is 11.1 Å². The molecule has 5 heteroatoms. The summed E-state index contributed by atoms with van der Waals surface area (Å²) in [6, 6.07) is 13.1. The summed E-state index contributed by atoms with van der Waals surface area (Å²) in [6.07, 6.45) is 0.384. The molecule has 104 valence electrons. The van der Waals surface area contributed by atoms with Crippen molar-refractivity contribution in [1.82, 2.24) is 0 Å². The van der Waals surface area contributed by atoms with E-state index in [2.05, 4.69) is 5.32 Å². The molecule has 0 aliphatic heterocycles. The number of hydrogen-bond acceptors (Lipinski definition) is 2. The van der Waals surface area contributed by atoms with E-state index in [1.807, 2.05) is 30.3 Å². The van der Waals surface area contributed by atoms with Gasteiger partial charge < -0.3 is 11.1 Å². The van der Waals surface area contributed by atoms with E-state index in [1.54, 1.807) is 6.07 Å². The van der Waals surface area contributed by atoms with Crippen LogP contribution in [0.25, 0.3) is 0 Å². The van der Waals surface area contributed by atoms with E-state index in [9.17, 15) is 9.18 Å². The third-order valence-electron chi connectivity index (χ3n) is 2.84. The van der Waals surface area contributed by atoms with E-state index >= 15 is 0 Å². The van der Waals surface area contributed by atoms with Crippen LogP contribution in [0.3, 0.4) is 0 Å². The Labute approximate surface area is 121 Å². The minimum Gasteiger partial charge on any atom is -0.322 e. The van der Waals surface area contributed by atoms with Crippen LogP contribution >= 0.6 is 11.6 Å². The van der Waals surface area contributed by atoms with Crippen molar-refractivity contribution in [2.75, 3.05) is 5.32 Å². The highest BCUT2D eigenvalue weighted by Gasteiger charge is 2.16. The van der Waals surface area contributed by atoms with Gasteiger partial charge in [-0.05, 0) is 24.1 Å². The van der Waals surface area contributed by atoms with Gasteiger partial charge in [0.05, 0.1) is 16.8 Å². The smallest absolute Gasteiger partial charge is 0.241 e. The van der Waals surface area contributed by atoms with Crippen molar-refractivity contribution < 1.29 is 9.18 Å². The largest absolute Gasteiger partial charge is 0.322 e. The van der Waals surface area contributed by atoms with E-state index in [-0.39, 0.29) is 10.7 Å². The van der Waals surface area contributed by atoms with Gasteiger partial charge in [0.1, 0.15) is 0 Å². The first kappa shape index (κ1) is 14.5. The molecular formula is C15H14ClFN2O. The van der Waals surface area contributed by atoms with Crippen LogP contribution in [-0.2, 0) is 11.2 Å². The fourth-order valence-corrected chi connectivity index (χ4v) is 1.96. The molecule has 0 saturated carbocycles. The summed E-state index contributed by atoms with van der Waals surface area (Å²) < 4.78 is 13.7. The zero-order chi connectivity index (χ0) is 14.5. The molecule has 0 spiro atoms. The van der Waals surface area contributed by atoms with Crippen LogP contribution in [0.2, 0.25) is 5.02 Å². The van der Waals surface area contributed by atoms with Gasteiger partial charge in [-0.2, -0.15) is 0 Å². The van der Waals surface area contributed by atoms with Gasteiger partial charge in [-0.25, -0.2) is 4.39 Å². The van der Waals surface area contributed by atoms with Crippen molar-refractivity contribution in [3.05, 3.63) is 64.9 Å². The third kappa shape index (κ3) is 3.56. The van der Waals surface area contributed by atoms with Crippen molar-refractivity contribution in [2.45, 2.75) is 12.5 Å². The monoisotopic (exact) mass is 292 g/mol. The maximum atomic E-state index is 13.7. The van der Waals surface area contributed by atoms with Gasteiger partial charge >= 0.3 is 0 Å². The van der Waals surface area contributed by atoms with E-state index in [0.717, 1.165) is 5.56 Å². The Bertz CT molecular complexity index is 604. The average Bonchev–Trinajstić information content (AvgIpc) is 2.45. The molecule has 2 rings (SSSR count). The Balaban J connectivity index is 2.03. The number of rotatable bonds is 4. The van der Waals surface area contributed by atoms with Crippen LogP contribution in [0.1, 0.15) is 5.56 Å². The van der Waals surface area contributed by atoms with E-state index in [1.165, 1.54) is 12.1 Å². The predicted octanol–water partition coefficient (Wildman–Crippen LogP) is 2.99. The molecule has 20 heavy (non-hydrogen) atoms. The topological polar surface area (TPSA) is 55.1 Å². The van der Waals surface area contributed by atoms with Crippen molar-refractivity contribution in [2.24, 2.45) is 5.73 Å². The number of halogens is 2. The Morgan fingerprint density at radius 1 is 1.20 bits per heavy atom. The summed E-state index contributed by atoms with van der Waals surface area (Å²) in [4.78, 5) is 11.9. The fraction of sp³-hybridized carbons (Fsp3) is 0.133. The SMILES string of the molecule is N[C@@H](Cc1ccccc1)C(=O)Nc1cccc(Cl)c1F. The predicted molar refractivity (Wildman–Crippen MR) is 78.2 cm³/mol. The maximum Gasteiger partial charge on any atom is 0.241 e. The highest BCUT2D eigenvalue weighted by molar-refractivity contribution is 6.31. The van der Waals surface area contributed by atoms with Crippen LogP contribution in [0.15, 0.2) is 48.5 Å². The lowest BCUT2D eigenvalue weighted by Gasteiger charge is -2.13. The molecule has 0 aromatic heterocycles. The lowest BCUT2D eigenvalue weighted by molar-refractivity contribution is -0.117. The van der Waals surface area contributed by atoms with Crippen molar-refractivity contribution in [3.8, 4) is 0 Å². The summed E-state index contributed by atoms with van der Waals surface area (Å²) in [5, 5.41) is 2.41. The van der Waals surface area contributed by atoms with Gasteiger partial charge in [-0.3, -0.25) is 4.79 Å². The normalized spacial score (nSPS) is 11.9. The molecule has 3 N–H and O–H groups in total. The number of benzene rings is 2. The Morgan fingerprint density at radius 3 is 2.60 bits per heavy atom. The van der Waals surface area contributed by atoms with Crippen LogP contribution in [-0.4, -0.2) is 11.9 Å². The minimum atomic E-state index is -0.754. The fourth-order valence-electron chi connectivity index (χ4n) is 1.79. The molecule has 0 aliphatic rings. The summed E-state index contributed by atoms with van der Waals surface area (Å²) in [6.45, 7) is 0. The van der Waals surface area contributed by atoms with Gasteiger partial charge in [0.2, 0.25) is 5.91 Å². The molecule has 0 fully saturated rings. The summed E-state index contributed by atoms with van der Waals surface area (Å²) >= 11 is 5.65. The number of carbonyl (C=O) groups is 1. The highest BCUT2D eigenvalue weighted by Crippen LogP contribution is 2.22. The second kappa shape index (κ2) is 6.50. The van der Waals surface area contributed by atoms with Crippen LogP contribution in [0.5, 0.6) is 0 Å². The lowest BCUT2D eigenvalue weighted by atomic mass is 10.1. The Kier molecular flexibility index (Phi) is 4.71. The van der Waals surface area contributed by atoms with E-state index < -0.39 is 17.8 Å². The number of hydrogen-bond donors (Lipinski definition) is 2. The molecule has 0 saturated heterocycles. The molecule has 2 aromatic rings. The maximum absolute atomic E-state index is 13.7. The lowest BCUT2D eigenvalue weighted by Crippen LogP contribution is -2.37. The Morgan fingerprint density at radius 2 is 1.90 bits per heavy atom. The molecule has 3 nitrogen and oxygen atoms in total. The molecule has 0 heterocycles. The number of nitrogens with one attached hydrogen (secondary N) is 1. The van der Waals surface area contributed by atoms with Gasteiger partial charge in [0.15, 0.2) is 5.82 Å². The number of nitrogens with two attached hydrogens (primary N) is 1. The quantitative estimate of drug-likeness (QED) is 0.910. The second-order valence-corrected chi connectivity index (χ2v) is 4.79. The van der Waals surface area contributed by atoms with Gasteiger partial charge in [0, 0.05) is 0 Å². The molecule has 0 unspecified atom stereocenters. The van der Waals surface area contributed by atoms with Crippen molar-refractivity contribution in [3.63, 3.8) is 0 Å². The van der Waals surface area contributed by atoms with E-state index in [4.69, 9.17) is 17.3 Å². The average molecular weight is 293 g/mol. The number of carbonyl (C=O) groups excluding carboxylic acids is 1. The standard InChI is InChI=1S/C15H14ClFN2O/c16-11-7-4-8-13(14(11)17)19-15(20)12(18)9-10-5-2-1-3-6-10/h1-8,12H,9,18H2,(H,19,20)/t12-/m0/s1. The number of anilines is 1. The molecule has 0 radical (unpaired) electrons. The van der Waals surface area contributed by atoms with Crippen LogP contribution in [0, 0.1) is 5.82 Å². The first-order chi connectivity index (χ1) is 9.58. The third-order valence-corrected chi connectivity index (χ3v) is 3.14. The zero-order valence-electron chi connectivity index (χ0n) is 10.6. The van der Waals surface area contributed by atoms with Gasteiger partial charge in [-0.15, -0.1) is 0 Å².